The van der Waals surface area contributed by atoms with E-state index < -0.39 is 12.1 Å². The number of fused-ring (bicyclic) bond motifs is 1. The number of anilines is 1. The zero-order valence-corrected chi connectivity index (χ0v) is 20.8. The van der Waals surface area contributed by atoms with Crippen molar-refractivity contribution in [3.8, 4) is 0 Å². The van der Waals surface area contributed by atoms with Crippen LogP contribution in [0, 0.1) is 5.82 Å². The molecule has 0 unspecified atom stereocenters. The Morgan fingerprint density at radius 3 is 2.64 bits per heavy atom. The Morgan fingerprint density at radius 1 is 1.24 bits per heavy atom. The summed E-state index contributed by atoms with van der Waals surface area (Å²) in [5.41, 5.74) is 2.06. The molecule has 2 aromatic rings. The fourth-order valence-corrected chi connectivity index (χ4v) is 4.95. The smallest absolute Gasteiger partial charge is 0.231 e. The van der Waals surface area contributed by atoms with E-state index in [2.05, 4.69) is 36.1 Å². The predicted molar refractivity (Wildman–Crippen MR) is 128 cm³/mol. The van der Waals surface area contributed by atoms with Crippen LogP contribution in [0.5, 0.6) is 0 Å². The van der Waals surface area contributed by atoms with Crippen LogP contribution < -0.4 is 10.2 Å². The van der Waals surface area contributed by atoms with Crippen molar-refractivity contribution in [2.24, 2.45) is 0 Å². The summed E-state index contributed by atoms with van der Waals surface area (Å²) < 4.78 is 28.9. The number of carbonyl (C=O) groups is 1. The van der Waals surface area contributed by atoms with E-state index in [1.807, 2.05) is 25.7 Å². The first-order chi connectivity index (χ1) is 15.8. The molecule has 33 heavy (non-hydrogen) atoms. The molecule has 3 atom stereocenters. The van der Waals surface area contributed by atoms with Gasteiger partial charge in [0.05, 0.1) is 16.1 Å². The van der Waals surface area contributed by atoms with Gasteiger partial charge >= 0.3 is 0 Å². The molecule has 0 radical (unpaired) electrons. The lowest BCUT2D eigenvalue weighted by Gasteiger charge is -2.38. The summed E-state index contributed by atoms with van der Waals surface area (Å²) in [5, 5.41) is 3.33. The summed E-state index contributed by atoms with van der Waals surface area (Å²) in [4.78, 5) is 26.1. The second-order valence-corrected chi connectivity index (χ2v) is 10.1. The van der Waals surface area contributed by atoms with Gasteiger partial charge in [0.15, 0.2) is 0 Å². The first-order valence-electron chi connectivity index (χ1n) is 11.5. The first-order valence-corrected chi connectivity index (χ1v) is 12.3. The summed E-state index contributed by atoms with van der Waals surface area (Å²) >= 11 is 3.19. The number of piperazine rings is 1. The number of benzene rings is 1. The normalized spacial score (nSPS) is 21.4. The Bertz CT molecular complexity index is 1010. The fraction of sp³-hybridized carbons (Fsp3) is 0.542. The van der Waals surface area contributed by atoms with Crippen LogP contribution in [-0.2, 0) is 4.79 Å². The highest BCUT2D eigenvalue weighted by molar-refractivity contribution is 9.10. The van der Waals surface area contributed by atoms with Crippen LogP contribution in [-0.4, -0.2) is 59.5 Å². The average molecular weight is 522 g/mol. The lowest BCUT2D eigenvalue weighted by Crippen LogP contribution is -2.51. The van der Waals surface area contributed by atoms with E-state index >= 15 is 0 Å². The van der Waals surface area contributed by atoms with Gasteiger partial charge in [0.2, 0.25) is 5.91 Å². The number of alkyl halides is 1. The SMILES string of the molecule is CC(C)NC[C@@H](C(=O)N1CCN(c2ncnc3c2[C@H](C)C[C@@H]3F)CC1)c1ccc(Br)c(F)c1. The molecule has 2 aliphatic rings. The molecule has 1 aromatic carbocycles. The van der Waals surface area contributed by atoms with Crippen molar-refractivity contribution in [2.45, 2.75) is 51.2 Å². The van der Waals surface area contributed by atoms with Crippen molar-refractivity contribution >= 4 is 27.7 Å². The third-order valence-electron chi connectivity index (χ3n) is 6.51. The highest BCUT2D eigenvalue weighted by Crippen LogP contribution is 2.44. The zero-order chi connectivity index (χ0) is 23.7. The van der Waals surface area contributed by atoms with Crippen LogP contribution >= 0.6 is 15.9 Å². The van der Waals surface area contributed by atoms with Gasteiger partial charge in [-0.25, -0.2) is 18.7 Å². The molecule has 0 saturated carbocycles. The van der Waals surface area contributed by atoms with E-state index in [9.17, 15) is 13.6 Å². The van der Waals surface area contributed by atoms with E-state index in [1.54, 1.807) is 12.1 Å². The summed E-state index contributed by atoms with van der Waals surface area (Å²) in [6.07, 6.45) is 0.833. The molecule has 4 rings (SSSR count). The molecule has 1 amide bonds. The van der Waals surface area contributed by atoms with Gasteiger partial charge in [0.1, 0.15) is 24.1 Å². The van der Waals surface area contributed by atoms with Crippen molar-refractivity contribution in [3.63, 3.8) is 0 Å². The van der Waals surface area contributed by atoms with Crippen LogP contribution in [0.3, 0.4) is 0 Å². The number of hydrogen-bond acceptors (Lipinski definition) is 5. The maximum Gasteiger partial charge on any atom is 0.231 e. The standard InChI is InChI=1S/C24H30BrF2N5O/c1-14(2)28-12-17(16-4-5-18(25)19(26)11-16)24(33)32-8-6-31(7-9-32)23-21-15(3)10-20(27)22(21)29-13-30-23/h4-5,11,13-15,17,20,28H,6-10,12H2,1-3H3/t15-,17-,20+/m1/s1. The maximum absolute atomic E-state index is 14.3. The monoisotopic (exact) mass is 521 g/mol. The van der Waals surface area contributed by atoms with Gasteiger partial charge in [-0.15, -0.1) is 0 Å². The van der Waals surface area contributed by atoms with Crippen molar-refractivity contribution in [3.05, 3.63) is 51.6 Å². The summed E-state index contributed by atoms with van der Waals surface area (Å²) in [7, 11) is 0. The Balaban J connectivity index is 1.49. The highest BCUT2D eigenvalue weighted by Gasteiger charge is 2.35. The van der Waals surface area contributed by atoms with E-state index in [0.717, 1.165) is 11.4 Å². The molecule has 178 valence electrons. The Hall–Kier alpha value is -2.13. The van der Waals surface area contributed by atoms with E-state index in [1.165, 1.54) is 12.4 Å². The second-order valence-electron chi connectivity index (χ2n) is 9.20. The maximum atomic E-state index is 14.3. The summed E-state index contributed by atoms with van der Waals surface area (Å²) in [5.74, 6) is -0.0123. The van der Waals surface area contributed by atoms with Crippen LogP contribution in [0.1, 0.15) is 62.0 Å². The number of carbonyl (C=O) groups excluding carboxylic acids is 1. The lowest BCUT2D eigenvalue weighted by molar-refractivity contribution is -0.133. The number of amides is 1. The number of nitrogens with one attached hydrogen (secondary N) is 1. The number of aromatic nitrogens is 2. The van der Waals surface area contributed by atoms with Crippen molar-refractivity contribution in [1.82, 2.24) is 20.2 Å². The largest absolute Gasteiger partial charge is 0.353 e. The molecule has 0 bridgehead atoms. The van der Waals surface area contributed by atoms with Crippen molar-refractivity contribution in [2.75, 3.05) is 37.6 Å². The van der Waals surface area contributed by atoms with Gasteiger partial charge in [0, 0.05) is 44.3 Å². The Labute approximate surface area is 201 Å². The Morgan fingerprint density at radius 2 is 1.97 bits per heavy atom. The number of nitrogens with zero attached hydrogens (tertiary/aromatic N) is 4. The molecule has 6 nitrogen and oxygen atoms in total. The van der Waals surface area contributed by atoms with E-state index in [0.29, 0.717) is 54.9 Å². The molecule has 0 spiro atoms. The predicted octanol–water partition coefficient (Wildman–Crippen LogP) is 4.33. The molecule has 1 aliphatic carbocycles. The summed E-state index contributed by atoms with van der Waals surface area (Å²) in [6, 6.07) is 5.09. The van der Waals surface area contributed by atoms with Crippen LogP contribution in [0.4, 0.5) is 14.6 Å². The van der Waals surface area contributed by atoms with Gasteiger partial charge < -0.3 is 15.1 Å². The number of rotatable bonds is 6. The molecule has 2 heterocycles. The fourth-order valence-electron chi connectivity index (χ4n) is 4.70. The summed E-state index contributed by atoms with van der Waals surface area (Å²) in [6.45, 7) is 8.76. The van der Waals surface area contributed by atoms with Gasteiger partial charge in [-0.3, -0.25) is 4.79 Å². The third kappa shape index (κ3) is 5.04. The quantitative estimate of drug-likeness (QED) is 0.613. The average Bonchev–Trinajstić information content (AvgIpc) is 3.09. The topological polar surface area (TPSA) is 61.4 Å². The minimum Gasteiger partial charge on any atom is -0.353 e. The minimum atomic E-state index is -1.04. The Kier molecular flexibility index (Phi) is 7.28. The molecule has 9 heteroatoms. The van der Waals surface area contributed by atoms with Gasteiger partial charge in [0.25, 0.3) is 0 Å². The number of hydrogen-bond donors (Lipinski definition) is 1. The lowest BCUT2D eigenvalue weighted by atomic mass is 9.96. The van der Waals surface area contributed by atoms with Gasteiger partial charge in [-0.2, -0.15) is 0 Å². The van der Waals surface area contributed by atoms with Gasteiger partial charge in [-0.05, 0) is 46.0 Å². The molecule has 1 aliphatic heterocycles. The molecule has 1 saturated heterocycles. The van der Waals surface area contributed by atoms with Crippen LogP contribution in [0.15, 0.2) is 29.0 Å². The van der Waals surface area contributed by atoms with Crippen molar-refractivity contribution < 1.29 is 13.6 Å². The molecular weight excluding hydrogens is 492 g/mol. The van der Waals surface area contributed by atoms with E-state index in [-0.39, 0.29) is 23.7 Å². The molecule has 1 aromatic heterocycles. The number of halogens is 3. The highest BCUT2D eigenvalue weighted by atomic mass is 79.9. The first kappa shape index (κ1) is 24.0. The van der Waals surface area contributed by atoms with Crippen LogP contribution in [0.2, 0.25) is 0 Å². The zero-order valence-electron chi connectivity index (χ0n) is 19.2. The molecule has 1 fully saturated rings. The molecular formula is C24H30BrF2N5O. The minimum absolute atomic E-state index is 0.0189. The second kappa shape index (κ2) is 10.0. The third-order valence-corrected chi connectivity index (χ3v) is 7.15. The van der Waals surface area contributed by atoms with Crippen molar-refractivity contribution in [1.29, 1.82) is 0 Å². The van der Waals surface area contributed by atoms with E-state index in [4.69, 9.17) is 0 Å². The van der Waals surface area contributed by atoms with Gasteiger partial charge in [-0.1, -0.05) is 26.8 Å². The van der Waals surface area contributed by atoms with Crippen LogP contribution in [0.25, 0.3) is 0 Å². The molecule has 1 N–H and O–H groups in total.